The highest BCUT2D eigenvalue weighted by Gasteiger charge is 2.66. The van der Waals surface area contributed by atoms with Crippen LogP contribution >= 0.6 is 0 Å². The molecule has 7 nitrogen and oxygen atoms in total. The summed E-state index contributed by atoms with van der Waals surface area (Å²) in [5.41, 5.74) is 0.486. The number of carbonyl (C=O) groups is 3. The lowest BCUT2D eigenvalue weighted by atomic mass is 9.51. The third-order valence-corrected chi connectivity index (χ3v) is 6.87. The predicted octanol–water partition coefficient (Wildman–Crippen LogP) is 2.52. The second-order valence-corrected chi connectivity index (χ2v) is 8.16. The first-order valence-electron chi connectivity index (χ1n) is 9.41. The molecule has 0 N–H and O–H groups in total. The first-order valence-corrected chi connectivity index (χ1v) is 9.41. The Bertz CT molecular complexity index is 711. The van der Waals surface area contributed by atoms with Crippen LogP contribution in [-0.4, -0.2) is 43.0 Å². The fraction of sp³-hybridized carbons (Fsp3) is 0.750. The zero-order valence-corrected chi connectivity index (χ0v) is 16.8. The minimum atomic E-state index is -1.19. The number of fused-ring (bicyclic) bond motifs is 2. The molecule has 0 radical (unpaired) electrons. The standard InChI is InChI=1S/C20H28O7/c1-10-16-17(26-13(4)22)19(5)11(2)15(25-12(3)21)8-7-14(19)9-20(16,24-6)27-18(10)23/h11,14-15,17H,7-9H2,1-6H3/t11-,14+,15-,17+,19+,20-/m0/s1. The molecule has 0 unspecified atom stereocenters. The molecule has 2 fully saturated rings. The van der Waals surface area contributed by atoms with Gasteiger partial charge in [0.1, 0.15) is 12.2 Å². The summed E-state index contributed by atoms with van der Waals surface area (Å²) in [5.74, 6) is -2.40. The van der Waals surface area contributed by atoms with Crippen LogP contribution in [0.25, 0.3) is 0 Å². The van der Waals surface area contributed by atoms with E-state index in [1.54, 1.807) is 6.92 Å². The van der Waals surface area contributed by atoms with Crippen LogP contribution in [-0.2, 0) is 33.3 Å². The third kappa shape index (κ3) is 2.87. The van der Waals surface area contributed by atoms with Crippen LogP contribution in [0.5, 0.6) is 0 Å². The summed E-state index contributed by atoms with van der Waals surface area (Å²) < 4.78 is 22.7. The van der Waals surface area contributed by atoms with Gasteiger partial charge in [-0.2, -0.15) is 0 Å². The van der Waals surface area contributed by atoms with Gasteiger partial charge >= 0.3 is 17.9 Å². The number of carbonyl (C=O) groups excluding carboxylic acids is 3. The minimum absolute atomic E-state index is 0.0737. The van der Waals surface area contributed by atoms with Gasteiger partial charge in [0.2, 0.25) is 5.79 Å². The van der Waals surface area contributed by atoms with Crippen LogP contribution in [0.4, 0.5) is 0 Å². The molecular formula is C20H28O7. The monoisotopic (exact) mass is 380 g/mol. The van der Waals surface area contributed by atoms with Crippen LogP contribution in [0.2, 0.25) is 0 Å². The molecule has 3 aliphatic rings. The molecule has 0 saturated heterocycles. The van der Waals surface area contributed by atoms with E-state index >= 15 is 0 Å². The third-order valence-electron chi connectivity index (χ3n) is 6.87. The molecule has 27 heavy (non-hydrogen) atoms. The first kappa shape index (κ1) is 19.9. The zero-order chi connectivity index (χ0) is 20.1. The van der Waals surface area contributed by atoms with Gasteiger partial charge < -0.3 is 18.9 Å². The van der Waals surface area contributed by atoms with Crippen LogP contribution in [0.1, 0.15) is 53.9 Å². The Morgan fingerprint density at radius 2 is 1.78 bits per heavy atom. The molecule has 0 aromatic carbocycles. The summed E-state index contributed by atoms with van der Waals surface area (Å²) in [7, 11) is 1.51. The van der Waals surface area contributed by atoms with Gasteiger partial charge in [-0.3, -0.25) is 9.59 Å². The maximum Gasteiger partial charge on any atom is 0.336 e. The van der Waals surface area contributed by atoms with Gasteiger partial charge in [0.25, 0.3) is 0 Å². The quantitative estimate of drug-likeness (QED) is 0.549. The van der Waals surface area contributed by atoms with Crippen molar-refractivity contribution >= 4 is 17.9 Å². The van der Waals surface area contributed by atoms with E-state index in [1.165, 1.54) is 21.0 Å². The summed E-state index contributed by atoms with van der Waals surface area (Å²) in [6.45, 7) is 8.50. The Morgan fingerprint density at radius 1 is 1.15 bits per heavy atom. The second-order valence-electron chi connectivity index (χ2n) is 8.16. The average Bonchev–Trinajstić information content (AvgIpc) is 2.83. The molecule has 3 rings (SSSR count). The largest absolute Gasteiger partial charge is 0.462 e. The number of rotatable bonds is 3. The highest BCUT2D eigenvalue weighted by molar-refractivity contribution is 5.92. The van der Waals surface area contributed by atoms with Crippen molar-refractivity contribution in [2.75, 3.05) is 7.11 Å². The van der Waals surface area contributed by atoms with E-state index < -0.39 is 29.2 Å². The lowest BCUT2D eigenvalue weighted by Crippen LogP contribution is -2.62. The number of methoxy groups -OCH3 is 1. The SMILES string of the molecule is CO[C@]12C[C@H]3CC[C@H](OC(C)=O)[C@H](C)[C@@]3(C)[C@H](OC(C)=O)C1=C(C)C(=O)O2. The smallest absolute Gasteiger partial charge is 0.336 e. The molecular weight excluding hydrogens is 352 g/mol. The van der Waals surface area contributed by atoms with Crippen LogP contribution in [0.15, 0.2) is 11.1 Å². The first-order chi connectivity index (χ1) is 12.6. The van der Waals surface area contributed by atoms with E-state index in [1.807, 2.05) is 13.8 Å². The summed E-state index contributed by atoms with van der Waals surface area (Å²) >= 11 is 0. The van der Waals surface area contributed by atoms with Crippen molar-refractivity contribution in [2.45, 2.75) is 71.9 Å². The van der Waals surface area contributed by atoms with Gasteiger partial charge in [-0.15, -0.1) is 0 Å². The van der Waals surface area contributed by atoms with E-state index in [0.717, 1.165) is 6.42 Å². The number of hydrogen-bond acceptors (Lipinski definition) is 7. The Morgan fingerprint density at radius 3 is 2.33 bits per heavy atom. The summed E-state index contributed by atoms with van der Waals surface area (Å²) in [6.07, 6.45) is 1.00. The van der Waals surface area contributed by atoms with Crippen molar-refractivity contribution in [3.63, 3.8) is 0 Å². The van der Waals surface area contributed by atoms with Crippen molar-refractivity contribution in [3.05, 3.63) is 11.1 Å². The number of esters is 3. The molecule has 0 amide bonds. The molecule has 0 bridgehead atoms. The van der Waals surface area contributed by atoms with Gasteiger partial charge in [0.15, 0.2) is 0 Å². The van der Waals surface area contributed by atoms with Gasteiger partial charge in [0, 0.05) is 44.3 Å². The minimum Gasteiger partial charge on any atom is -0.462 e. The number of hydrogen-bond donors (Lipinski definition) is 0. The fourth-order valence-corrected chi connectivity index (χ4v) is 5.29. The zero-order valence-electron chi connectivity index (χ0n) is 16.8. The van der Waals surface area contributed by atoms with Gasteiger partial charge in [-0.05, 0) is 25.7 Å². The molecule has 150 valence electrons. The van der Waals surface area contributed by atoms with E-state index in [2.05, 4.69) is 0 Å². The molecule has 2 saturated carbocycles. The average molecular weight is 380 g/mol. The van der Waals surface area contributed by atoms with E-state index in [-0.39, 0.29) is 23.9 Å². The van der Waals surface area contributed by atoms with E-state index in [9.17, 15) is 14.4 Å². The van der Waals surface area contributed by atoms with Crippen molar-refractivity contribution in [1.82, 2.24) is 0 Å². The highest BCUT2D eigenvalue weighted by Crippen LogP contribution is 2.61. The van der Waals surface area contributed by atoms with Crippen molar-refractivity contribution in [2.24, 2.45) is 17.3 Å². The topological polar surface area (TPSA) is 88.1 Å². The Hall–Kier alpha value is -1.89. The van der Waals surface area contributed by atoms with Crippen LogP contribution < -0.4 is 0 Å². The Kier molecular flexibility index (Phi) is 4.87. The van der Waals surface area contributed by atoms with Crippen LogP contribution in [0, 0.1) is 17.3 Å². The summed E-state index contributed by atoms with van der Waals surface area (Å²) in [6, 6.07) is 0. The molecule has 0 aromatic rings. The van der Waals surface area contributed by atoms with Crippen molar-refractivity contribution in [3.8, 4) is 0 Å². The molecule has 0 aromatic heterocycles. The lowest BCUT2D eigenvalue weighted by molar-refractivity contribution is -0.244. The molecule has 1 heterocycles. The summed E-state index contributed by atoms with van der Waals surface area (Å²) in [4.78, 5) is 35.9. The Labute approximate surface area is 159 Å². The number of ether oxygens (including phenoxy) is 4. The maximum absolute atomic E-state index is 12.4. The van der Waals surface area contributed by atoms with Gasteiger partial charge in [-0.25, -0.2) is 4.79 Å². The van der Waals surface area contributed by atoms with Crippen LogP contribution in [0.3, 0.4) is 0 Å². The van der Waals surface area contributed by atoms with Crippen molar-refractivity contribution < 1.29 is 33.3 Å². The molecule has 6 atom stereocenters. The lowest BCUT2D eigenvalue weighted by Gasteiger charge is -2.58. The highest BCUT2D eigenvalue weighted by atomic mass is 16.7. The maximum atomic E-state index is 12.4. The normalized spacial score (nSPS) is 40.7. The van der Waals surface area contributed by atoms with Gasteiger partial charge in [-0.1, -0.05) is 13.8 Å². The van der Waals surface area contributed by atoms with Gasteiger partial charge in [0.05, 0.1) is 5.57 Å². The molecule has 1 aliphatic heterocycles. The molecule has 0 spiro atoms. The van der Waals surface area contributed by atoms with E-state index in [4.69, 9.17) is 18.9 Å². The van der Waals surface area contributed by atoms with E-state index in [0.29, 0.717) is 24.0 Å². The summed E-state index contributed by atoms with van der Waals surface area (Å²) in [5, 5.41) is 0. The Balaban J connectivity index is 2.12. The second kappa shape index (κ2) is 6.62. The fourth-order valence-electron chi connectivity index (χ4n) is 5.29. The van der Waals surface area contributed by atoms with Crippen molar-refractivity contribution in [1.29, 1.82) is 0 Å². The predicted molar refractivity (Wildman–Crippen MR) is 94.3 cm³/mol. The molecule has 2 aliphatic carbocycles. The molecule has 7 heteroatoms.